The molecule has 0 amide bonds. The second-order valence-electron chi connectivity index (χ2n) is 6.20. The molecule has 0 radical (unpaired) electrons. The average molecular weight is 399 g/mol. The number of benzene rings is 2. The molecule has 4 nitrogen and oxygen atoms in total. The number of nitrogens with zero attached hydrogens (tertiary/aromatic N) is 1. The van der Waals surface area contributed by atoms with Gasteiger partial charge in [0.1, 0.15) is 5.75 Å². The summed E-state index contributed by atoms with van der Waals surface area (Å²) >= 11 is 3.54. The van der Waals surface area contributed by atoms with Gasteiger partial charge in [-0.15, -0.1) is 0 Å². The monoisotopic (exact) mass is 398 g/mol. The highest BCUT2D eigenvalue weighted by Crippen LogP contribution is 2.33. The zero-order chi connectivity index (χ0) is 17.2. The lowest BCUT2D eigenvalue weighted by molar-refractivity contribution is 0.194. The van der Waals surface area contributed by atoms with Crippen LogP contribution >= 0.6 is 15.9 Å². The van der Waals surface area contributed by atoms with Gasteiger partial charge in [0.05, 0.1) is 19.2 Å². The number of nitrogens with one attached hydrogen (secondary N) is 1. The lowest BCUT2D eigenvalue weighted by Crippen LogP contribution is -2.01. The molecule has 25 heavy (non-hydrogen) atoms. The van der Waals surface area contributed by atoms with E-state index in [0.717, 1.165) is 52.1 Å². The van der Waals surface area contributed by atoms with E-state index >= 15 is 0 Å². The maximum atomic E-state index is 5.54. The van der Waals surface area contributed by atoms with Crippen LogP contribution in [0, 0.1) is 0 Å². The van der Waals surface area contributed by atoms with Gasteiger partial charge in [-0.3, -0.25) is 4.98 Å². The summed E-state index contributed by atoms with van der Waals surface area (Å²) < 4.78 is 12.1. The molecule has 1 N–H and O–H groups in total. The van der Waals surface area contributed by atoms with Crippen molar-refractivity contribution in [1.29, 1.82) is 0 Å². The van der Waals surface area contributed by atoms with Crippen molar-refractivity contribution in [3.05, 3.63) is 58.7 Å². The Morgan fingerprint density at radius 2 is 2.12 bits per heavy atom. The fraction of sp³-hybridized carbons (Fsp3) is 0.250. The predicted octanol–water partition coefficient (Wildman–Crippen LogP) is 5.25. The Kier molecular flexibility index (Phi) is 4.59. The normalized spacial score (nSPS) is 17.0. The molecule has 1 aliphatic rings. The Labute approximate surface area is 155 Å². The summed E-state index contributed by atoms with van der Waals surface area (Å²) in [4.78, 5) is 4.44. The number of fused-ring (bicyclic) bond motifs is 1. The van der Waals surface area contributed by atoms with E-state index in [1.807, 2.05) is 30.5 Å². The van der Waals surface area contributed by atoms with Gasteiger partial charge in [-0.25, -0.2) is 0 Å². The van der Waals surface area contributed by atoms with Gasteiger partial charge in [0.15, 0.2) is 0 Å². The van der Waals surface area contributed by atoms with Crippen molar-refractivity contribution in [3.8, 4) is 5.75 Å². The number of anilines is 2. The van der Waals surface area contributed by atoms with Gasteiger partial charge in [0.25, 0.3) is 0 Å². The van der Waals surface area contributed by atoms with E-state index in [-0.39, 0.29) is 0 Å². The topological polar surface area (TPSA) is 43.4 Å². The van der Waals surface area contributed by atoms with E-state index in [9.17, 15) is 0 Å². The Morgan fingerprint density at radius 1 is 1.20 bits per heavy atom. The quantitative estimate of drug-likeness (QED) is 0.651. The van der Waals surface area contributed by atoms with Gasteiger partial charge < -0.3 is 14.8 Å². The maximum Gasteiger partial charge on any atom is 0.121 e. The largest absolute Gasteiger partial charge is 0.497 e. The Balaban J connectivity index is 1.73. The maximum absolute atomic E-state index is 5.54. The van der Waals surface area contributed by atoms with Crippen molar-refractivity contribution in [2.24, 2.45) is 0 Å². The van der Waals surface area contributed by atoms with Crippen LogP contribution < -0.4 is 10.1 Å². The van der Waals surface area contributed by atoms with E-state index in [4.69, 9.17) is 9.47 Å². The number of pyridine rings is 1. The number of aromatic nitrogens is 1. The van der Waals surface area contributed by atoms with Gasteiger partial charge in [-0.1, -0.05) is 15.9 Å². The van der Waals surface area contributed by atoms with Crippen molar-refractivity contribution >= 4 is 38.2 Å². The molecular formula is C20H19BrN2O2. The molecule has 1 aromatic heterocycles. The van der Waals surface area contributed by atoms with Crippen LogP contribution in [0.25, 0.3) is 10.9 Å². The number of halogens is 1. The van der Waals surface area contributed by atoms with Crippen LogP contribution in [0.2, 0.25) is 0 Å². The molecule has 1 atom stereocenters. The van der Waals surface area contributed by atoms with Crippen LogP contribution in [0.15, 0.2) is 53.1 Å². The fourth-order valence-corrected chi connectivity index (χ4v) is 3.59. The lowest BCUT2D eigenvalue weighted by Gasteiger charge is -2.15. The molecule has 0 aliphatic carbocycles. The van der Waals surface area contributed by atoms with E-state index in [2.05, 4.69) is 44.4 Å². The number of ether oxygens (including phenoxy) is 2. The highest BCUT2D eigenvalue weighted by molar-refractivity contribution is 9.10. The first kappa shape index (κ1) is 16.4. The molecule has 1 unspecified atom stereocenters. The first-order valence-electron chi connectivity index (χ1n) is 8.31. The van der Waals surface area contributed by atoms with Crippen molar-refractivity contribution < 1.29 is 9.47 Å². The zero-order valence-electron chi connectivity index (χ0n) is 14.0. The first-order valence-corrected chi connectivity index (χ1v) is 9.10. The van der Waals surface area contributed by atoms with Crippen LogP contribution in [0.3, 0.4) is 0 Å². The van der Waals surface area contributed by atoms with Crippen LogP contribution in [0.4, 0.5) is 11.4 Å². The Bertz CT molecular complexity index is 907. The van der Waals surface area contributed by atoms with Crippen molar-refractivity contribution in [3.63, 3.8) is 0 Å². The summed E-state index contributed by atoms with van der Waals surface area (Å²) in [6.45, 7) is 1.60. The Morgan fingerprint density at radius 3 is 2.92 bits per heavy atom. The van der Waals surface area contributed by atoms with Gasteiger partial charge in [0, 0.05) is 46.0 Å². The molecule has 2 aromatic carbocycles. The van der Waals surface area contributed by atoms with Gasteiger partial charge >= 0.3 is 0 Å². The smallest absolute Gasteiger partial charge is 0.121 e. The number of hydrogen-bond acceptors (Lipinski definition) is 4. The number of hydrogen-bond donors (Lipinski definition) is 1. The summed E-state index contributed by atoms with van der Waals surface area (Å²) in [5, 5.41) is 4.61. The molecule has 1 fully saturated rings. The highest BCUT2D eigenvalue weighted by atomic mass is 79.9. The average Bonchev–Trinajstić information content (AvgIpc) is 3.17. The molecule has 2 heterocycles. The Hall–Kier alpha value is -2.11. The molecule has 0 bridgehead atoms. The van der Waals surface area contributed by atoms with Crippen molar-refractivity contribution in [1.82, 2.24) is 4.98 Å². The second kappa shape index (κ2) is 7.02. The number of rotatable bonds is 4. The first-order chi connectivity index (χ1) is 12.2. The number of methoxy groups -OCH3 is 1. The lowest BCUT2D eigenvalue weighted by atomic mass is 9.97. The summed E-state index contributed by atoms with van der Waals surface area (Å²) in [5.41, 5.74) is 4.24. The third-order valence-corrected chi connectivity index (χ3v) is 5.04. The molecule has 3 aromatic rings. The SMILES string of the molecule is COc1cc(Nc2ccnc3ccc(Br)cc23)cc(C2CCOC2)c1. The van der Waals surface area contributed by atoms with Gasteiger partial charge in [-0.2, -0.15) is 0 Å². The molecule has 4 rings (SSSR count). The minimum Gasteiger partial charge on any atom is -0.497 e. The van der Waals surface area contributed by atoms with Gasteiger partial charge in [0.2, 0.25) is 0 Å². The van der Waals surface area contributed by atoms with E-state index in [1.165, 1.54) is 5.56 Å². The fourth-order valence-electron chi connectivity index (χ4n) is 3.23. The zero-order valence-corrected chi connectivity index (χ0v) is 15.5. The van der Waals surface area contributed by atoms with Crippen LogP contribution in [0.1, 0.15) is 17.9 Å². The van der Waals surface area contributed by atoms with Crippen molar-refractivity contribution in [2.45, 2.75) is 12.3 Å². The minimum absolute atomic E-state index is 0.430. The molecular weight excluding hydrogens is 380 g/mol. The van der Waals surface area contributed by atoms with E-state index in [1.54, 1.807) is 7.11 Å². The molecule has 0 saturated carbocycles. The van der Waals surface area contributed by atoms with E-state index < -0.39 is 0 Å². The molecule has 128 valence electrons. The molecule has 0 spiro atoms. The van der Waals surface area contributed by atoms with Crippen molar-refractivity contribution in [2.75, 3.05) is 25.6 Å². The summed E-state index contributed by atoms with van der Waals surface area (Å²) in [6, 6.07) is 14.4. The third-order valence-electron chi connectivity index (χ3n) is 4.55. The molecule has 5 heteroatoms. The van der Waals surface area contributed by atoms with Crippen LogP contribution in [0.5, 0.6) is 5.75 Å². The van der Waals surface area contributed by atoms with E-state index in [0.29, 0.717) is 5.92 Å². The van der Waals surface area contributed by atoms with Crippen LogP contribution in [-0.2, 0) is 4.74 Å². The minimum atomic E-state index is 0.430. The summed E-state index contributed by atoms with van der Waals surface area (Å²) in [5.74, 6) is 1.28. The molecule has 1 saturated heterocycles. The third kappa shape index (κ3) is 3.48. The second-order valence-corrected chi connectivity index (χ2v) is 7.12. The highest BCUT2D eigenvalue weighted by Gasteiger charge is 2.19. The molecule has 1 aliphatic heterocycles. The predicted molar refractivity (Wildman–Crippen MR) is 104 cm³/mol. The summed E-state index contributed by atoms with van der Waals surface area (Å²) in [7, 11) is 1.70. The standard InChI is InChI=1S/C20H19BrN2O2/c1-24-17-9-14(13-5-7-25-12-13)8-16(11-17)23-20-4-6-22-19-3-2-15(21)10-18(19)20/h2-4,6,8-11,13H,5,7,12H2,1H3,(H,22,23). The van der Waals surface area contributed by atoms with Crippen LogP contribution in [-0.4, -0.2) is 25.3 Å². The summed E-state index contributed by atoms with van der Waals surface area (Å²) in [6.07, 6.45) is 2.88. The van der Waals surface area contributed by atoms with Gasteiger partial charge in [-0.05, 0) is 48.4 Å².